The largest absolute Gasteiger partial charge is 0.481 e. The second kappa shape index (κ2) is 9.71. The number of carbonyl (C=O) groups is 1. The van der Waals surface area contributed by atoms with Gasteiger partial charge in [-0.1, -0.05) is 44.8 Å². The lowest BCUT2D eigenvalue weighted by Gasteiger charge is -2.01. The van der Waals surface area contributed by atoms with Crippen LogP contribution in [-0.2, 0) is 4.79 Å². The zero-order valence-electron chi connectivity index (χ0n) is 9.61. The van der Waals surface area contributed by atoms with Crippen LogP contribution in [0, 0.1) is 0 Å². The van der Waals surface area contributed by atoms with Crippen LogP contribution in [-0.4, -0.2) is 17.1 Å². The third-order valence-corrected chi connectivity index (χ3v) is 2.27. The average Bonchev–Trinajstić information content (AvgIpc) is 2.15. The lowest BCUT2D eigenvalue weighted by atomic mass is 10.1. The van der Waals surface area contributed by atoms with E-state index in [1.807, 2.05) is 6.08 Å². The molecule has 0 bridgehead atoms. The quantitative estimate of drug-likeness (QED) is 0.457. The zero-order chi connectivity index (χ0) is 11.5. The van der Waals surface area contributed by atoms with Gasteiger partial charge in [0.25, 0.3) is 0 Å². The summed E-state index contributed by atoms with van der Waals surface area (Å²) >= 11 is 0. The van der Waals surface area contributed by atoms with E-state index in [2.05, 4.69) is 6.92 Å². The van der Waals surface area contributed by atoms with Crippen molar-refractivity contribution in [3.8, 4) is 0 Å². The van der Waals surface area contributed by atoms with Crippen molar-refractivity contribution in [3.63, 3.8) is 0 Å². The second-order valence-electron chi connectivity index (χ2n) is 3.89. The Labute approximate surface area is 92.4 Å². The van der Waals surface area contributed by atoms with Gasteiger partial charge in [-0.2, -0.15) is 0 Å². The molecule has 0 saturated carbocycles. The first-order valence-corrected chi connectivity index (χ1v) is 5.80. The summed E-state index contributed by atoms with van der Waals surface area (Å²) in [5.41, 5.74) is 5.57. The van der Waals surface area contributed by atoms with Crippen LogP contribution in [0.1, 0.15) is 51.9 Å². The molecule has 0 rings (SSSR count). The molecule has 0 saturated heterocycles. The van der Waals surface area contributed by atoms with Gasteiger partial charge in [0.05, 0.1) is 6.42 Å². The van der Waals surface area contributed by atoms with Gasteiger partial charge in [-0.15, -0.1) is 0 Å². The monoisotopic (exact) mass is 213 g/mol. The van der Waals surface area contributed by atoms with Crippen molar-refractivity contribution in [2.45, 2.75) is 57.9 Å². The number of unbranched alkanes of at least 4 members (excludes halogenated alkanes) is 5. The second-order valence-corrected chi connectivity index (χ2v) is 3.89. The summed E-state index contributed by atoms with van der Waals surface area (Å²) in [6.07, 6.45) is 11.1. The lowest BCUT2D eigenvalue weighted by Crippen LogP contribution is -2.20. The van der Waals surface area contributed by atoms with Crippen molar-refractivity contribution in [1.29, 1.82) is 0 Å². The fraction of sp³-hybridized carbons (Fsp3) is 0.750. The molecule has 0 aromatic heterocycles. The van der Waals surface area contributed by atoms with Crippen LogP contribution in [0.5, 0.6) is 0 Å². The number of hydrogen-bond acceptors (Lipinski definition) is 2. The van der Waals surface area contributed by atoms with Crippen LogP contribution in [0.15, 0.2) is 12.2 Å². The van der Waals surface area contributed by atoms with Gasteiger partial charge in [0.2, 0.25) is 0 Å². The normalized spacial score (nSPS) is 13.2. The minimum atomic E-state index is -0.838. The Morgan fingerprint density at radius 2 is 2.00 bits per heavy atom. The minimum absolute atomic E-state index is 0.0202. The summed E-state index contributed by atoms with van der Waals surface area (Å²) in [6, 6.07) is -0.335. The third kappa shape index (κ3) is 11.1. The zero-order valence-corrected chi connectivity index (χ0v) is 9.61. The first-order chi connectivity index (χ1) is 7.16. The summed E-state index contributed by atoms with van der Waals surface area (Å²) < 4.78 is 0. The van der Waals surface area contributed by atoms with E-state index in [-0.39, 0.29) is 12.5 Å². The Balaban J connectivity index is 3.33. The van der Waals surface area contributed by atoms with Crippen LogP contribution in [0.3, 0.4) is 0 Å². The maximum absolute atomic E-state index is 10.3. The van der Waals surface area contributed by atoms with Crippen molar-refractivity contribution >= 4 is 5.97 Å². The number of rotatable bonds is 9. The summed E-state index contributed by atoms with van der Waals surface area (Å²) in [5.74, 6) is -0.838. The van der Waals surface area contributed by atoms with Gasteiger partial charge in [-0.3, -0.25) is 4.79 Å². The molecule has 3 N–H and O–H groups in total. The van der Waals surface area contributed by atoms with Crippen molar-refractivity contribution in [2.75, 3.05) is 0 Å². The average molecular weight is 213 g/mol. The molecule has 0 aromatic rings. The number of nitrogens with two attached hydrogens (primary N) is 1. The molecule has 0 aliphatic heterocycles. The molecule has 1 unspecified atom stereocenters. The van der Waals surface area contributed by atoms with E-state index in [4.69, 9.17) is 10.8 Å². The molecule has 0 amide bonds. The summed E-state index contributed by atoms with van der Waals surface area (Å²) in [6.45, 7) is 2.20. The van der Waals surface area contributed by atoms with Crippen LogP contribution >= 0.6 is 0 Å². The highest BCUT2D eigenvalue weighted by Gasteiger charge is 2.02. The number of allylic oxidation sites excluding steroid dienone is 1. The molecule has 0 fully saturated rings. The van der Waals surface area contributed by atoms with Crippen molar-refractivity contribution in [2.24, 2.45) is 5.73 Å². The van der Waals surface area contributed by atoms with Crippen molar-refractivity contribution < 1.29 is 9.90 Å². The highest BCUT2D eigenvalue weighted by atomic mass is 16.4. The van der Waals surface area contributed by atoms with E-state index in [9.17, 15) is 4.79 Å². The molecule has 0 spiro atoms. The van der Waals surface area contributed by atoms with Crippen LogP contribution in [0.25, 0.3) is 0 Å². The molecule has 3 heteroatoms. The van der Waals surface area contributed by atoms with E-state index in [0.29, 0.717) is 0 Å². The highest BCUT2D eigenvalue weighted by molar-refractivity contribution is 5.67. The number of aliphatic carboxylic acids is 1. The first-order valence-electron chi connectivity index (χ1n) is 5.80. The molecule has 0 aliphatic rings. The summed E-state index contributed by atoms with van der Waals surface area (Å²) in [4.78, 5) is 10.3. The fourth-order valence-electron chi connectivity index (χ4n) is 1.41. The highest BCUT2D eigenvalue weighted by Crippen LogP contribution is 2.05. The van der Waals surface area contributed by atoms with Gasteiger partial charge in [0, 0.05) is 6.04 Å². The summed E-state index contributed by atoms with van der Waals surface area (Å²) in [7, 11) is 0. The Bertz CT molecular complexity index is 190. The molecule has 0 aromatic carbocycles. The SMILES string of the molecule is CCCCCCC/C=C/C(N)CC(=O)O. The molecule has 15 heavy (non-hydrogen) atoms. The molecule has 3 nitrogen and oxygen atoms in total. The Morgan fingerprint density at radius 3 is 2.60 bits per heavy atom. The van der Waals surface area contributed by atoms with Crippen LogP contribution in [0.2, 0.25) is 0 Å². The van der Waals surface area contributed by atoms with Gasteiger partial charge in [-0.05, 0) is 12.8 Å². The predicted octanol–water partition coefficient (Wildman–Crippen LogP) is 2.71. The van der Waals surface area contributed by atoms with Gasteiger partial charge < -0.3 is 10.8 Å². The van der Waals surface area contributed by atoms with Crippen LogP contribution in [0.4, 0.5) is 0 Å². The number of carboxylic acids is 1. The lowest BCUT2D eigenvalue weighted by molar-refractivity contribution is -0.137. The Kier molecular flexibility index (Phi) is 9.18. The fourth-order valence-corrected chi connectivity index (χ4v) is 1.41. The van der Waals surface area contributed by atoms with Gasteiger partial charge in [0.1, 0.15) is 0 Å². The van der Waals surface area contributed by atoms with Gasteiger partial charge in [0.15, 0.2) is 0 Å². The van der Waals surface area contributed by atoms with E-state index >= 15 is 0 Å². The van der Waals surface area contributed by atoms with Gasteiger partial charge in [-0.25, -0.2) is 0 Å². The summed E-state index contributed by atoms with van der Waals surface area (Å²) in [5, 5.41) is 8.47. The maximum atomic E-state index is 10.3. The smallest absolute Gasteiger partial charge is 0.305 e. The van der Waals surface area contributed by atoms with E-state index in [0.717, 1.165) is 6.42 Å². The van der Waals surface area contributed by atoms with E-state index in [1.54, 1.807) is 6.08 Å². The Morgan fingerprint density at radius 1 is 1.33 bits per heavy atom. The third-order valence-electron chi connectivity index (χ3n) is 2.27. The topological polar surface area (TPSA) is 63.3 Å². The Hall–Kier alpha value is -0.830. The first kappa shape index (κ1) is 14.2. The molecule has 1 atom stereocenters. The molecule has 88 valence electrons. The molecular weight excluding hydrogens is 190 g/mol. The van der Waals surface area contributed by atoms with Crippen LogP contribution < -0.4 is 5.73 Å². The molecule has 0 radical (unpaired) electrons. The molecule has 0 aliphatic carbocycles. The van der Waals surface area contributed by atoms with Gasteiger partial charge >= 0.3 is 5.97 Å². The molecular formula is C12H23NO2. The van der Waals surface area contributed by atoms with E-state index in [1.165, 1.54) is 32.1 Å². The van der Waals surface area contributed by atoms with E-state index < -0.39 is 5.97 Å². The standard InChI is InChI=1S/C12H23NO2/c1-2-3-4-5-6-7-8-9-11(13)10-12(14)15/h8-9,11H,2-7,10,13H2,1H3,(H,14,15)/b9-8+. The number of hydrogen-bond donors (Lipinski definition) is 2. The predicted molar refractivity (Wildman–Crippen MR) is 62.7 cm³/mol. The minimum Gasteiger partial charge on any atom is -0.481 e. The molecule has 0 heterocycles. The number of carboxylic acid groups (broad SMARTS) is 1. The van der Waals surface area contributed by atoms with Crippen molar-refractivity contribution in [3.05, 3.63) is 12.2 Å². The van der Waals surface area contributed by atoms with Crippen molar-refractivity contribution in [1.82, 2.24) is 0 Å². The maximum Gasteiger partial charge on any atom is 0.305 e.